The second-order valence-corrected chi connectivity index (χ2v) is 6.69. The highest BCUT2D eigenvalue weighted by molar-refractivity contribution is 5.20. The Morgan fingerprint density at radius 1 is 0.900 bits per heavy atom. The minimum Gasteiger partial charge on any atom is -0.315 e. The minimum absolute atomic E-state index is 0.589. The normalized spacial score (nSPS) is 15.1. The molecule has 1 aromatic carbocycles. The molecule has 0 heterocycles. The van der Waals surface area contributed by atoms with Crippen molar-refractivity contribution in [1.82, 2.24) is 10.2 Å². The lowest BCUT2D eigenvalue weighted by Gasteiger charge is -2.30. The average Bonchev–Trinajstić information content (AvgIpc) is 2.38. The smallest absolute Gasteiger partial charge is 0.0237 e. The van der Waals surface area contributed by atoms with Gasteiger partial charge in [-0.25, -0.2) is 0 Å². The summed E-state index contributed by atoms with van der Waals surface area (Å²) < 4.78 is 0. The maximum Gasteiger partial charge on any atom is 0.0237 e. The Bertz CT molecular complexity index is 349. The van der Waals surface area contributed by atoms with Crippen LogP contribution in [0.5, 0.6) is 0 Å². The fourth-order valence-electron chi connectivity index (χ4n) is 2.84. The Kier molecular flexibility index (Phi) is 7.25. The molecule has 0 radical (unpaired) electrons. The monoisotopic (exact) mass is 276 g/mol. The highest BCUT2D eigenvalue weighted by Gasteiger charge is 2.18. The van der Waals surface area contributed by atoms with Gasteiger partial charge in [-0.05, 0) is 37.4 Å². The highest BCUT2D eigenvalue weighted by atomic mass is 15.1. The number of nitrogens with zero attached hydrogens (tertiary/aromatic N) is 1. The summed E-state index contributed by atoms with van der Waals surface area (Å²) in [5, 5.41) is 3.69. The van der Waals surface area contributed by atoms with Gasteiger partial charge in [0.2, 0.25) is 0 Å². The Morgan fingerprint density at radius 3 is 1.95 bits per heavy atom. The summed E-state index contributed by atoms with van der Waals surface area (Å²) in [5.41, 5.74) is 1.45. The third-order valence-corrected chi connectivity index (χ3v) is 4.18. The fraction of sp³-hybridized carbons (Fsp3) is 0.667. The van der Waals surface area contributed by atoms with Gasteiger partial charge in [0.05, 0.1) is 0 Å². The van der Waals surface area contributed by atoms with E-state index in [0.717, 1.165) is 13.1 Å². The average molecular weight is 276 g/mol. The quantitative estimate of drug-likeness (QED) is 0.780. The van der Waals surface area contributed by atoms with Crippen LogP contribution in [0.2, 0.25) is 0 Å². The Morgan fingerprint density at radius 2 is 1.50 bits per heavy atom. The van der Waals surface area contributed by atoms with E-state index in [-0.39, 0.29) is 0 Å². The van der Waals surface area contributed by atoms with Gasteiger partial charge in [-0.3, -0.25) is 0 Å². The van der Waals surface area contributed by atoms with Gasteiger partial charge in [0.25, 0.3) is 0 Å². The second kappa shape index (κ2) is 8.43. The number of likely N-dealkylation sites (N-methyl/N-ethyl adjacent to an activating group) is 1. The molecular formula is C18H32N2. The van der Waals surface area contributed by atoms with Gasteiger partial charge < -0.3 is 10.2 Å². The Balaban J connectivity index is 2.56. The minimum atomic E-state index is 0.589. The van der Waals surface area contributed by atoms with Gasteiger partial charge in [-0.1, -0.05) is 58.0 Å². The van der Waals surface area contributed by atoms with E-state index in [4.69, 9.17) is 0 Å². The van der Waals surface area contributed by atoms with Crippen molar-refractivity contribution in [3.8, 4) is 0 Å². The lowest BCUT2D eigenvalue weighted by atomic mass is 9.88. The summed E-state index contributed by atoms with van der Waals surface area (Å²) in [5.74, 6) is 1.92. The first-order valence-electron chi connectivity index (χ1n) is 7.85. The van der Waals surface area contributed by atoms with Gasteiger partial charge in [-0.2, -0.15) is 0 Å². The van der Waals surface area contributed by atoms with Crippen LogP contribution >= 0.6 is 0 Å². The van der Waals surface area contributed by atoms with Crippen LogP contribution in [-0.4, -0.2) is 38.1 Å². The largest absolute Gasteiger partial charge is 0.315 e. The predicted octanol–water partition coefficient (Wildman–Crippen LogP) is 3.60. The molecule has 0 saturated heterocycles. The van der Waals surface area contributed by atoms with E-state index in [1.807, 2.05) is 0 Å². The van der Waals surface area contributed by atoms with Gasteiger partial charge >= 0.3 is 0 Å². The van der Waals surface area contributed by atoms with E-state index in [1.54, 1.807) is 0 Å². The Hall–Kier alpha value is -0.860. The zero-order valence-electron chi connectivity index (χ0n) is 14.1. The second-order valence-electron chi connectivity index (χ2n) is 6.69. The summed E-state index contributed by atoms with van der Waals surface area (Å²) >= 11 is 0. The van der Waals surface area contributed by atoms with Crippen LogP contribution < -0.4 is 5.32 Å². The van der Waals surface area contributed by atoms with Crippen LogP contribution in [0.1, 0.15) is 39.2 Å². The summed E-state index contributed by atoms with van der Waals surface area (Å²) in [6.45, 7) is 11.3. The SMILES string of the molecule is CC(C)C(CNCC(C(C)C)N(C)C)c1ccccc1. The third-order valence-electron chi connectivity index (χ3n) is 4.18. The molecule has 0 spiro atoms. The molecule has 0 fully saturated rings. The molecule has 20 heavy (non-hydrogen) atoms. The van der Waals surface area contributed by atoms with E-state index in [0.29, 0.717) is 23.8 Å². The molecule has 0 aliphatic carbocycles. The van der Waals surface area contributed by atoms with Crippen LogP contribution in [-0.2, 0) is 0 Å². The predicted molar refractivity (Wildman–Crippen MR) is 89.2 cm³/mol. The first-order valence-corrected chi connectivity index (χ1v) is 7.85. The zero-order chi connectivity index (χ0) is 15.1. The molecule has 2 unspecified atom stereocenters. The van der Waals surface area contributed by atoms with Crippen molar-refractivity contribution in [2.45, 2.75) is 39.7 Å². The van der Waals surface area contributed by atoms with Crippen molar-refractivity contribution in [1.29, 1.82) is 0 Å². The molecule has 0 amide bonds. The summed E-state index contributed by atoms with van der Waals surface area (Å²) in [7, 11) is 4.34. The van der Waals surface area contributed by atoms with Gasteiger partial charge in [0.1, 0.15) is 0 Å². The van der Waals surface area contributed by atoms with Crippen LogP contribution in [0.3, 0.4) is 0 Å². The Labute approximate surface area is 125 Å². The molecule has 114 valence electrons. The molecule has 2 heteroatoms. The lowest BCUT2D eigenvalue weighted by Crippen LogP contribution is -2.42. The van der Waals surface area contributed by atoms with E-state index in [9.17, 15) is 0 Å². The topological polar surface area (TPSA) is 15.3 Å². The molecule has 1 aromatic rings. The van der Waals surface area contributed by atoms with Crippen molar-refractivity contribution in [2.75, 3.05) is 27.2 Å². The molecule has 1 rings (SSSR count). The standard InChI is InChI=1S/C18H32N2/c1-14(2)17(16-10-8-7-9-11-16)12-19-13-18(15(3)4)20(5)6/h7-11,14-15,17-19H,12-13H2,1-6H3. The number of rotatable bonds is 8. The molecular weight excluding hydrogens is 244 g/mol. The molecule has 0 aliphatic rings. The number of hydrogen-bond acceptors (Lipinski definition) is 2. The highest BCUT2D eigenvalue weighted by Crippen LogP contribution is 2.23. The van der Waals surface area contributed by atoms with E-state index >= 15 is 0 Å². The maximum absolute atomic E-state index is 3.69. The van der Waals surface area contributed by atoms with Crippen LogP contribution in [0, 0.1) is 11.8 Å². The van der Waals surface area contributed by atoms with Crippen molar-refractivity contribution < 1.29 is 0 Å². The molecule has 0 aromatic heterocycles. The van der Waals surface area contributed by atoms with Crippen molar-refractivity contribution in [2.24, 2.45) is 11.8 Å². The van der Waals surface area contributed by atoms with Gasteiger partial charge in [0.15, 0.2) is 0 Å². The first-order chi connectivity index (χ1) is 9.43. The van der Waals surface area contributed by atoms with Gasteiger partial charge in [0, 0.05) is 19.1 Å². The molecule has 0 aliphatic heterocycles. The molecule has 0 saturated carbocycles. The van der Waals surface area contributed by atoms with Crippen molar-refractivity contribution in [3.05, 3.63) is 35.9 Å². The molecule has 2 nitrogen and oxygen atoms in total. The number of nitrogens with one attached hydrogen (secondary N) is 1. The van der Waals surface area contributed by atoms with Crippen LogP contribution in [0.25, 0.3) is 0 Å². The van der Waals surface area contributed by atoms with E-state index in [1.165, 1.54) is 5.56 Å². The summed E-state index contributed by atoms with van der Waals surface area (Å²) in [6, 6.07) is 11.5. The number of hydrogen-bond donors (Lipinski definition) is 1. The van der Waals surface area contributed by atoms with Gasteiger partial charge in [-0.15, -0.1) is 0 Å². The van der Waals surface area contributed by atoms with E-state index in [2.05, 4.69) is 82.3 Å². The maximum atomic E-state index is 3.69. The molecule has 1 N–H and O–H groups in total. The van der Waals surface area contributed by atoms with E-state index < -0.39 is 0 Å². The van der Waals surface area contributed by atoms with Crippen LogP contribution in [0.4, 0.5) is 0 Å². The lowest BCUT2D eigenvalue weighted by molar-refractivity contribution is 0.222. The number of benzene rings is 1. The fourth-order valence-corrected chi connectivity index (χ4v) is 2.84. The van der Waals surface area contributed by atoms with Crippen molar-refractivity contribution >= 4 is 0 Å². The molecule has 2 atom stereocenters. The summed E-state index contributed by atoms with van der Waals surface area (Å²) in [4.78, 5) is 2.32. The van der Waals surface area contributed by atoms with Crippen molar-refractivity contribution in [3.63, 3.8) is 0 Å². The third kappa shape index (κ3) is 5.26. The summed E-state index contributed by atoms with van der Waals surface area (Å²) in [6.07, 6.45) is 0. The molecule has 0 bridgehead atoms. The first kappa shape index (κ1) is 17.2. The van der Waals surface area contributed by atoms with Crippen LogP contribution in [0.15, 0.2) is 30.3 Å². The zero-order valence-corrected chi connectivity index (χ0v) is 14.1.